The summed E-state index contributed by atoms with van der Waals surface area (Å²) in [5.74, 6) is -1.53. The molecule has 8 heteroatoms. The van der Waals surface area contributed by atoms with Crippen molar-refractivity contribution in [1.29, 1.82) is 0 Å². The minimum absolute atomic E-state index is 0.0645. The first kappa shape index (κ1) is 19.3. The summed E-state index contributed by atoms with van der Waals surface area (Å²) in [7, 11) is 1.41. The normalized spacial score (nSPS) is 14.8. The maximum Gasteiger partial charge on any atom is 0.343 e. The quantitative estimate of drug-likeness (QED) is 0.474. The van der Waals surface area contributed by atoms with Crippen molar-refractivity contribution < 1.29 is 23.5 Å². The van der Waals surface area contributed by atoms with E-state index in [1.807, 2.05) is 0 Å². The molecule has 0 radical (unpaired) electrons. The van der Waals surface area contributed by atoms with E-state index in [1.54, 1.807) is 24.3 Å². The van der Waals surface area contributed by atoms with E-state index in [9.17, 15) is 14.0 Å². The van der Waals surface area contributed by atoms with Crippen molar-refractivity contribution in [2.45, 2.75) is 12.8 Å². The molecule has 0 N–H and O–H groups in total. The third-order valence-electron chi connectivity index (χ3n) is 4.95. The molecule has 0 unspecified atom stereocenters. The number of aromatic nitrogens is 1. The maximum atomic E-state index is 13.7. The summed E-state index contributed by atoms with van der Waals surface area (Å²) in [6.07, 6.45) is 1.45. The number of piperidine rings is 1. The summed E-state index contributed by atoms with van der Waals surface area (Å²) in [6.45, 7) is 1.45. The van der Waals surface area contributed by atoms with Gasteiger partial charge in [-0.3, -0.25) is 4.79 Å². The van der Waals surface area contributed by atoms with E-state index in [1.165, 1.54) is 36.6 Å². The van der Waals surface area contributed by atoms with E-state index in [0.717, 1.165) is 41.3 Å². The van der Waals surface area contributed by atoms with Crippen LogP contribution in [-0.2, 0) is 9.53 Å². The van der Waals surface area contributed by atoms with Crippen LogP contribution >= 0.6 is 11.3 Å². The van der Waals surface area contributed by atoms with Crippen molar-refractivity contribution in [2.24, 2.45) is 5.92 Å². The SMILES string of the molecule is COC(=O)C1CCN(c2nc3ccc(C(=O)Oc4ccccc4F)cc3s2)CC1. The Balaban J connectivity index is 1.49. The summed E-state index contributed by atoms with van der Waals surface area (Å²) in [5, 5.41) is 0.850. The Bertz CT molecular complexity index is 1060. The summed E-state index contributed by atoms with van der Waals surface area (Å²) < 4.78 is 24.5. The first-order valence-electron chi connectivity index (χ1n) is 9.25. The van der Waals surface area contributed by atoms with Gasteiger partial charge in [0.05, 0.1) is 28.8 Å². The summed E-state index contributed by atoms with van der Waals surface area (Å²) in [6, 6.07) is 10.9. The van der Waals surface area contributed by atoms with Gasteiger partial charge in [-0.2, -0.15) is 0 Å². The topological polar surface area (TPSA) is 68.7 Å². The second kappa shape index (κ2) is 8.16. The van der Waals surface area contributed by atoms with Crippen LogP contribution in [0, 0.1) is 11.7 Å². The fourth-order valence-electron chi connectivity index (χ4n) is 3.33. The number of rotatable bonds is 4. The smallest absolute Gasteiger partial charge is 0.343 e. The highest BCUT2D eigenvalue weighted by Gasteiger charge is 2.27. The van der Waals surface area contributed by atoms with Crippen LogP contribution in [0.25, 0.3) is 10.2 Å². The Morgan fingerprint density at radius 3 is 2.66 bits per heavy atom. The van der Waals surface area contributed by atoms with Crippen LogP contribution in [0.15, 0.2) is 42.5 Å². The fourth-order valence-corrected chi connectivity index (χ4v) is 4.39. The molecular weight excluding hydrogens is 395 g/mol. The molecule has 0 spiro atoms. The van der Waals surface area contributed by atoms with Crippen LogP contribution in [0.5, 0.6) is 5.75 Å². The van der Waals surface area contributed by atoms with Gasteiger partial charge in [0.2, 0.25) is 0 Å². The van der Waals surface area contributed by atoms with Crippen molar-refractivity contribution in [2.75, 3.05) is 25.1 Å². The Morgan fingerprint density at radius 2 is 1.93 bits per heavy atom. The standard InChI is InChI=1S/C21H19FN2O4S/c1-27-19(25)13-8-10-24(11-9-13)21-23-16-7-6-14(12-18(16)29-21)20(26)28-17-5-3-2-4-15(17)22/h2-7,12-13H,8-11H2,1H3. The lowest BCUT2D eigenvalue weighted by atomic mass is 9.97. The first-order chi connectivity index (χ1) is 14.0. The third kappa shape index (κ3) is 4.07. The molecule has 1 aliphatic rings. The van der Waals surface area contributed by atoms with Crippen molar-refractivity contribution >= 4 is 38.6 Å². The third-order valence-corrected chi connectivity index (χ3v) is 6.03. The molecule has 1 saturated heterocycles. The zero-order chi connectivity index (χ0) is 20.4. The second-order valence-electron chi connectivity index (χ2n) is 6.78. The lowest BCUT2D eigenvalue weighted by Gasteiger charge is -2.30. The van der Waals surface area contributed by atoms with Gasteiger partial charge in [0, 0.05) is 13.1 Å². The number of benzene rings is 2. The molecule has 2 heterocycles. The molecule has 0 aliphatic carbocycles. The average molecular weight is 414 g/mol. The summed E-state index contributed by atoms with van der Waals surface area (Å²) >= 11 is 1.48. The van der Waals surface area contributed by atoms with Gasteiger partial charge < -0.3 is 14.4 Å². The highest BCUT2D eigenvalue weighted by atomic mass is 32.1. The average Bonchev–Trinajstić information content (AvgIpc) is 3.18. The highest BCUT2D eigenvalue weighted by molar-refractivity contribution is 7.22. The number of carbonyl (C=O) groups is 2. The molecule has 2 aromatic carbocycles. The second-order valence-corrected chi connectivity index (χ2v) is 7.79. The van der Waals surface area contributed by atoms with Crippen LogP contribution in [0.3, 0.4) is 0 Å². The summed E-state index contributed by atoms with van der Waals surface area (Å²) in [5.41, 5.74) is 1.11. The molecule has 0 atom stereocenters. The van der Waals surface area contributed by atoms with Crippen molar-refractivity contribution in [3.8, 4) is 5.75 Å². The zero-order valence-electron chi connectivity index (χ0n) is 15.8. The Kier molecular flexibility index (Phi) is 5.44. The number of hydrogen-bond donors (Lipinski definition) is 0. The molecule has 150 valence electrons. The first-order valence-corrected chi connectivity index (χ1v) is 10.1. The van der Waals surface area contributed by atoms with Gasteiger partial charge in [-0.25, -0.2) is 14.2 Å². The number of halogens is 1. The van der Waals surface area contributed by atoms with E-state index >= 15 is 0 Å². The number of methoxy groups -OCH3 is 1. The molecule has 4 rings (SSSR count). The zero-order valence-corrected chi connectivity index (χ0v) is 16.6. The van der Waals surface area contributed by atoms with Crippen LogP contribution in [0.4, 0.5) is 9.52 Å². The predicted molar refractivity (Wildman–Crippen MR) is 108 cm³/mol. The van der Waals surface area contributed by atoms with Crippen molar-refractivity contribution in [1.82, 2.24) is 4.98 Å². The lowest BCUT2D eigenvalue weighted by Crippen LogP contribution is -2.36. The maximum absolute atomic E-state index is 13.7. The number of para-hydroxylation sites is 1. The number of esters is 2. The molecule has 0 amide bonds. The van der Waals surface area contributed by atoms with Gasteiger partial charge in [-0.1, -0.05) is 23.5 Å². The molecule has 29 heavy (non-hydrogen) atoms. The van der Waals surface area contributed by atoms with Gasteiger partial charge >= 0.3 is 11.9 Å². The number of carbonyl (C=O) groups excluding carboxylic acids is 2. The number of hydrogen-bond acceptors (Lipinski definition) is 7. The molecule has 0 saturated carbocycles. The van der Waals surface area contributed by atoms with Crippen LogP contribution < -0.4 is 9.64 Å². The number of thiazole rings is 1. The van der Waals surface area contributed by atoms with Gasteiger partial charge in [0.25, 0.3) is 0 Å². The number of fused-ring (bicyclic) bond motifs is 1. The molecular formula is C21H19FN2O4S. The molecule has 1 aromatic heterocycles. The van der Waals surface area contributed by atoms with E-state index in [-0.39, 0.29) is 17.6 Å². The monoisotopic (exact) mass is 414 g/mol. The summed E-state index contributed by atoms with van der Waals surface area (Å²) in [4.78, 5) is 30.9. The van der Waals surface area contributed by atoms with Crippen LogP contribution in [-0.4, -0.2) is 37.1 Å². The Morgan fingerprint density at radius 1 is 1.17 bits per heavy atom. The van der Waals surface area contributed by atoms with Crippen LogP contribution in [0.2, 0.25) is 0 Å². The highest BCUT2D eigenvalue weighted by Crippen LogP contribution is 2.32. The van der Waals surface area contributed by atoms with E-state index in [0.29, 0.717) is 5.56 Å². The van der Waals surface area contributed by atoms with Gasteiger partial charge in [-0.15, -0.1) is 0 Å². The fraction of sp³-hybridized carbons (Fsp3) is 0.286. The van der Waals surface area contributed by atoms with E-state index < -0.39 is 11.8 Å². The minimum atomic E-state index is -0.620. The van der Waals surface area contributed by atoms with Gasteiger partial charge in [0.1, 0.15) is 0 Å². The molecule has 6 nitrogen and oxygen atoms in total. The molecule has 1 fully saturated rings. The Hall–Kier alpha value is -3.00. The predicted octanol–water partition coefficient (Wildman–Crippen LogP) is 4.04. The largest absolute Gasteiger partial charge is 0.469 e. The van der Waals surface area contributed by atoms with E-state index in [4.69, 9.17) is 9.47 Å². The van der Waals surface area contributed by atoms with Crippen LogP contribution in [0.1, 0.15) is 23.2 Å². The Labute approximate surface area is 170 Å². The van der Waals surface area contributed by atoms with E-state index in [2.05, 4.69) is 9.88 Å². The number of anilines is 1. The van der Waals surface area contributed by atoms with Crippen molar-refractivity contribution in [3.63, 3.8) is 0 Å². The van der Waals surface area contributed by atoms with Crippen molar-refractivity contribution in [3.05, 3.63) is 53.8 Å². The van der Waals surface area contributed by atoms with Gasteiger partial charge in [-0.05, 0) is 43.2 Å². The molecule has 3 aromatic rings. The number of ether oxygens (including phenoxy) is 2. The minimum Gasteiger partial charge on any atom is -0.469 e. The molecule has 0 bridgehead atoms. The van der Waals surface area contributed by atoms with Gasteiger partial charge in [0.15, 0.2) is 16.7 Å². The number of nitrogens with zero attached hydrogens (tertiary/aromatic N) is 2. The lowest BCUT2D eigenvalue weighted by molar-refractivity contribution is -0.146. The molecule has 1 aliphatic heterocycles.